The fourth-order valence-corrected chi connectivity index (χ4v) is 7.99. The van der Waals surface area contributed by atoms with Crippen molar-refractivity contribution >= 4 is 27.3 Å². The molecule has 2 fully saturated rings. The lowest BCUT2D eigenvalue weighted by molar-refractivity contribution is -0.228. The van der Waals surface area contributed by atoms with E-state index in [-0.39, 0.29) is 36.3 Å². The summed E-state index contributed by atoms with van der Waals surface area (Å²) in [5, 5.41) is 0.583. The first-order valence-electron chi connectivity index (χ1n) is 12.4. The van der Waals surface area contributed by atoms with Gasteiger partial charge in [0.25, 0.3) is 0 Å². The Morgan fingerprint density at radius 1 is 1.08 bits per heavy atom. The van der Waals surface area contributed by atoms with Crippen molar-refractivity contribution in [2.75, 3.05) is 18.1 Å². The highest BCUT2D eigenvalue weighted by Crippen LogP contribution is 2.52. The maximum atomic E-state index is 14.8. The molecule has 3 aliphatic rings. The molecule has 3 unspecified atom stereocenters. The van der Waals surface area contributed by atoms with E-state index in [9.17, 15) is 30.8 Å². The molecule has 2 heterocycles. The number of carbonyl (C=O) groups is 1. The van der Waals surface area contributed by atoms with E-state index in [1.54, 1.807) is 23.1 Å². The quantitative estimate of drug-likeness (QED) is 0.463. The van der Waals surface area contributed by atoms with Crippen molar-refractivity contribution in [1.29, 1.82) is 0 Å². The van der Waals surface area contributed by atoms with E-state index < -0.39 is 38.6 Å². The van der Waals surface area contributed by atoms with Crippen LogP contribution in [0.4, 0.5) is 17.6 Å². The Balaban J connectivity index is 1.52. The minimum Gasteiger partial charge on any atom is -0.338 e. The zero-order valence-corrected chi connectivity index (χ0v) is 21.9. The number of nitrogens with zero attached hydrogens (tertiary/aromatic N) is 1. The number of alkyl halides is 4. The van der Waals surface area contributed by atoms with Crippen LogP contribution in [-0.4, -0.2) is 49.5 Å². The van der Waals surface area contributed by atoms with Crippen LogP contribution in [0.15, 0.2) is 42.5 Å². The monoisotopic (exact) mass is 557 g/mol. The minimum absolute atomic E-state index is 0.0199. The first-order chi connectivity index (χ1) is 17.2. The lowest BCUT2D eigenvalue weighted by atomic mass is 9.73. The van der Waals surface area contributed by atoms with Gasteiger partial charge in [-0.1, -0.05) is 41.9 Å². The average molecular weight is 558 g/mol. The first-order valence-corrected chi connectivity index (χ1v) is 14.6. The summed E-state index contributed by atoms with van der Waals surface area (Å²) in [5.41, 5.74) is -2.04. The van der Waals surface area contributed by atoms with Crippen LogP contribution in [0.5, 0.6) is 0 Å². The minimum atomic E-state index is -5.06. The molecule has 0 aromatic heterocycles. The highest BCUT2D eigenvalue weighted by molar-refractivity contribution is 7.91. The Morgan fingerprint density at radius 2 is 1.73 bits per heavy atom. The topological polar surface area (TPSA) is 54.5 Å². The van der Waals surface area contributed by atoms with E-state index in [0.717, 1.165) is 11.1 Å². The smallest absolute Gasteiger partial charge is 0.338 e. The van der Waals surface area contributed by atoms with Gasteiger partial charge in [0, 0.05) is 28.9 Å². The average Bonchev–Trinajstić information content (AvgIpc) is 3.32. The van der Waals surface area contributed by atoms with Crippen molar-refractivity contribution in [1.82, 2.24) is 4.90 Å². The molecule has 2 aliphatic heterocycles. The molecule has 1 aliphatic carbocycles. The first kappa shape index (κ1) is 26.5. The van der Waals surface area contributed by atoms with E-state index in [4.69, 9.17) is 11.6 Å². The van der Waals surface area contributed by atoms with Gasteiger partial charge in [0.1, 0.15) is 9.84 Å². The molecule has 5 rings (SSSR count). The van der Waals surface area contributed by atoms with Crippen LogP contribution in [0.2, 0.25) is 5.02 Å². The van der Waals surface area contributed by atoms with Gasteiger partial charge in [0.15, 0.2) is 0 Å². The molecular formula is C27H28ClF4NO3S. The van der Waals surface area contributed by atoms with Gasteiger partial charge in [-0.25, -0.2) is 12.8 Å². The number of likely N-dealkylation sites (tertiary alicyclic amines) is 1. The summed E-state index contributed by atoms with van der Waals surface area (Å²) in [4.78, 5) is 15.4. The molecule has 2 saturated heterocycles. The number of benzene rings is 2. The van der Waals surface area contributed by atoms with Crippen molar-refractivity contribution in [3.8, 4) is 0 Å². The second kappa shape index (κ2) is 8.97. The number of carbonyl (C=O) groups excluding carboxylic acids is 1. The number of fused-ring (bicyclic) bond motifs is 3. The molecule has 1 amide bonds. The number of hydrogen-bond donors (Lipinski definition) is 0. The fourth-order valence-electron chi connectivity index (χ4n) is 6.38. The van der Waals surface area contributed by atoms with Crippen LogP contribution < -0.4 is 0 Å². The molecule has 10 heteroatoms. The van der Waals surface area contributed by atoms with Gasteiger partial charge < -0.3 is 4.90 Å². The molecule has 4 nitrogen and oxygen atoms in total. The predicted molar refractivity (Wildman–Crippen MR) is 133 cm³/mol. The Bertz CT molecular complexity index is 1310. The van der Waals surface area contributed by atoms with E-state index in [0.29, 0.717) is 43.3 Å². The summed E-state index contributed by atoms with van der Waals surface area (Å²) >= 11 is 6.06. The van der Waals surface area contributed by atoms with Crippen molar-refractivity contribution in [2.24, 2.45) is 5.92 Å². The number of rotatable bonds is 4. The Labute approximate surface area is 218 Å². The molecule has 37 heavy (non-hydrogen) atoms. The van der Waals surface area contributed by atoms with Crippen LogP contribution in [0.1, 0.15) is 48.4 Å². The predicted octanol–water partition coefficient (Wildman–Crippen LogP) is 5.55. The van der Waals surface area contributed by atoms with E-state index in [2.05, 4.69) is 0 Å². The molecule has 0 N–H and O–H groups in total. The molecule has 0 radical (unpaired) electrons. The second-order valence-corrected chi connectivity index (χ2v) is 13.5. The standard InChI is InChI=1S/C27H28ClF4NO3S/c1-25(29,27(30,31)32)20-4-7-22-19(14-20)15-23-26(22,16-17-2-5-21(28)6-3-17)10-11-33(23)24(34)18-8-12-37(35,36)13-9-18/h2-7,14,18,23H,8-13,15-16H2,1H3. The number of amides is 1. The van der Waals surface area contributed by atoms with E-state index >= 15 is 0 Å². The van der Waals surface area contributed by atoms with Crippen LogP contribution >= 0.6 is 11.6 Å². The summed E-state index contributed by atoms with van der Waals surface area (Å²) in [6.07, 6.45) is -3.03. The summed E-state index contributed by atoms with van der Waals surface area (Å²) in [7, 11) is -3.13. The molecule has 200 valence electrons. The summed E-state index contributed by atoms with van der Waals surface area (Å²) < 4.78 is 78.9. The van der Waals surface area contributed by atoms with E-state index in [1.807, 2.05) is 12.1 Å². The normalized spacial score (nSPS) is 27.0. The van der Waals surface area contributed by atoms with Crippen molar-refractivity contribution in [2.45, 2.75) is 62.3 Å². The summed E-state index contributed by atoms with van der Waals surface area (Å²) in [5.74, 6) is -0.535. The van der Waals surface area contributed by atoms with Gasteiger partial charge in [-0.2, -0.15) is 13.2 Å². The summed E-state index contributed by atoms with van der Waals surface area (Å²) in [6.45, 7) is 1.01. The highest BCUT2D eigenvalue weighted by Gasteiger charge is 2.57. The van der Waals surface area contributed by atoms with Gasteiger partial charge in [0.2, 0.25) is 11.6 Å². The number of sulfone groups is 1. The molecule has 0 saturated carbocycles. The molecule has 2 aromatic carbocycles. The molecular weight excluding hydrogens is 530 g/mol. The third-order valence-corrected chi connectivity index (χ3v) is 10.5. The zero-order chi connectivity index (χ0) is 26.8. The van der Waals surface area contributed by atoms with Gasteiger partial charge in [-0.05, 0) is 73.4 Å². The van der Waals surface area contributed by atoms with Gasteiger partial charge in [0.05, 0.1) is 11.5 Å². The maximum Gasteiger partial charge on any atom is 0.426 e. The third-order valence-electron chi connectivity index (χ3n) is 8.56. The highest BCUT2D eigenvalue weighted by atomic mass is 35.5. The van der Waals surface area contributed by atoms with E-state index in [1.165, 1.54) is 12.1 Å². The number of halogens is 5. The largest absolute Gasteiger partial charge is 0.426 e. The van der Waals surface area contributed by atoms with Gasteiger partial charge >= 0.3 is 6.18 Å². The molecule has 2 aromatic rings. The molecule has 3 atom stereocenters. The van der Waals surface area contributed by atoms with Gasteiger partial charge in [-0.3, -0.25) is 4.79 Å². The lowest BCUT2D eigenvalue weighted by Gasteiger charge is -2.35. The summed E-state index contributed by atoms with van der Waals surface area (Å²) in [6, 6.07) is 11.2. The van der Waals surface area contributed by atoms with Crippen LogP contribution in [0.25, 0.3) is 0 Å². The maximum absolute atomic E-state index is 14.8. The Morgan fingerprint density at radius 3 is 2.35 bits per heavy atom. The van der Waals surface area contributed by atoms with Gasteiger partial charge in [-0.15, -0.1) is 0 Å². The Hall–Kier alpha value is -2.13. The molecule has 0 bridgehead atoms. The van der Waals surface area contributed by atoms with Crippen molar-refractivity contribution in [3.63, 3.8) is 0 Å². The second-order valence-electron chi connectivity index (χ2n) is 10.8. The fraction of sp³-hybridized carbons (Fsp3) is 0.519. The SMILES string of the molecule is CC(F)(c1ccc2c(c1)CC1N(C(=O)C3CCS(=O)(=O)CC3)CCC21Cc1ccc(Cl)cc1)C(F)(F)F. The third kappa shape index (κ3) is 4.56. The van der Waals surface area contributed by atoms with Crippen LogP contribution in [0, 0.1) is 5.92 Å². The van der Waals surface area contributed by atoms with Crippen LogP contribution in [-0.2, 0) is 38.6 Å². The number of hydrogen-bond acceptors (Lipinski definition) is 3. The van der Waals surface area contributed by atoms with Crippen LogP contribution in [0.3, 0.4) is 0 Å². The zero-order valence-electron chi connectivity index (χ0n) is 20.3. The Kier molecular flexibility index (Phi) is 6.42. The van der Waals surface area contributed by atoms with Crippen molar-refractivity contribution < 1.29 is 30.8 Å². The molecule has 0 spiro atoms. The van der Waals surface area contributed by atoms with Crippen molar-refractivity contribution in [3.05, 3.63) is 69.7 Å². The lowest BCUT2D eigenvalue weighted by Crippen LogP contribution is -2.47.